The lowest BCUT2D eigenvalue weighted by Crippen LogP contribution is -2.35. The molecule has 0 saturated carbocycles. The second-order valence-corrected chi connectivity index (χ2v) is 6.96. The van der Waals surface area contributed by atoms with Crippen LogP contribution in [0.2, 0.25) is 6.04 Å². The van der Waals surface area contributed by atoms with Crippen molar-refractivity contribution in [2.24, 2.45) is 0 Å². The van der Waals surface area contributed by atoms with E-state index in [9.17, 15) is 0 Å². The average Bonchev–Trinajstić information content (AvgIpc) is 3.30. The van der Waals surface area contributed by atoms with Gasteiger partial charge in [-0.1, -0.05) is 36.9 Å². The third-order valence-electron chi connectivity index (χ3n) is 3.20. The topological polar surface area (TPSA) is 31.0 Å². The fraction of sp³-hybridized carbons (Fsp3) is 0.500. The fourth-order valence-corrected chi connectivity index (χ4v) is 4.27. The number of hydrogen-bond acceptors (Lipinski definition) is 3. The van der Waals surface area contributed by atoms with Crippen LogP contribution in [0.15, 0.2) is 30.8 Å². The quantitative estimate of drug-likeness (QED) is 0.377. The van der Waals surface area contributed by atoms with Crippen LogP contribution in [-0.2, 0) is 13.9 Å². The first-order valence-electron chi connectivity index (χ1n) is 7.25. The summed E-state index contributed by atoms with van der Waals surface area (Å²) in [6, 6.07) is 9.46. The lowest BCUT2D eigenvalue weighted by Gasteiger charge is -2.17. The molecule has 109 valence electrons. The molecule has 1 aliphatic rings. The Morgan fingerprint density at radius 3 is 2.95 bits per heavy atom. The molecule has 20 heavy (non-hydrogen) atoms. The maximum Gasteiger partial charge on any atom is 0.247 e. The van der Waals surface area contributed by atoms with E-state index < -0.39 is 9.04 Å². The Labute approximate surface area is 123 Å². The van der Waals surface area contributed by atoms with Crippen LogP contribution in [0.3, 0.4) is 0 Å². The standard InChI is InChI=1S/C16H23O3Si/c1-3-14-8-5-6-9-16(14)20(19-4-2)11-7-10-17-12-15-13-18-15/h3,5-6,8-9,15H,1,4,7,10-13H2,2H3. The maximum atomic E-state index is 5.98. The molecule has 0 amide bonds. The summed E-state index contributed by atoms with van der Waals surface area (Å²) in [4.78, 5) is 0. The Balaban J connectivity index is 1.83. The molecule has 1 aromatic carbocycles. The molecule has 1 unspecified atom stereocenters. The molecular formula is C16H23O3Si. The largest absolute Gasteiger partial charge is 0.412 e. The molecule has 1 aliphatic heterocycles. The SMILES string of the molecule is C=Cc1ccccc1[Si](CCCOCC1CO1)OCC. The van der Waals surface area contributed by atoms with Gasteiger partial charge in [0, 0.05) is 13.2 Å². The normalized spacial score (nSPS) is 17.4. The van der Waals surface area contributed by atoms with Crippen molar-refractivity contribution in [1.29, 1.82) is 0 Å². The summed E-state index contributed by atoms with van der Waals surface area (Å²) in [5, 5.41) is 1.32. The van der Waals surface area contributed by atoms with Crippen LogP contribution in [0.1, 0.15) is 18.9 Å². The van der Waals surface area contributed by atoms with Gasteiger partial charge in [-0.2, -0.15) is 0 Å². The van der Waals surface area contributed by atoms with Gasteiger partial charge in [0.25, 0.3) is 0 Å². The Hall–Kier alpha value is -0.943. The molecule has 0 spiro atoms. The highest BCUT2D eigenvalue weighted by molar-refractivity contribution is 6.68. The second kappa shape index (κ2) is 8.37. The highest BCUT2D eigenvalue weighted by Crippen LogP contribution is 2.10. The predicted octanol–water partition coefficient (Wildman–Crippen LogP) is 2.37. The van der Waals surface area contributed by atoms with Gasteiger partial charge in [0.15, 0.2) is 0 Å². The van der Waals surface area contributed by atoms with E-state index in [0.717, 1.165) is 38.9 Å². The number of ether oxygens (including phenoxy) is 2. The molecule has 0 aromatic heterocycles. The van der Waals surface area contributed by atoms with Gasteiger partial charge in [-0.3, -0.25) is 0 Å². The molecule has 1 saturated heterocycles. The Kier molecular flexibility index (Phi) is 6.46. The van der Waals surface area contributed by atoms with E-state index in [2.05, 4.69) is 31.7 Å². The van der Waals surface area contributed by atoms with Gasteiger partial charge >= 0.3 is 0 Å². The summed E-state index contributed by atoms with van der Waals surface area (Å²) in [5.74, 6) is 0. The van der Waals surface area contributed by atoms with Crippen molar-refractivity contribution in [3.8, 4) is 0 Å². The number of rotatable bonds is 10. The van der Waals surface area contributed by atoms with Crippen LogP contribution in [0.5, 0.6) is 0 Å². The highest BCUT2D eigenvalue weighted by atomic mass is 28.3. The van der Waals surface area contributed by atoms with Crippen LogP contribution in [-0.4, -0.2) is 41.6 Å². The molecular weight excluding hydrogens is 268 g/mol. The van der Waals surface area contributed by atoms with Crippen molar-refractivity contribution in [3.63, 3.8) is 0 Å². The summed E-state index contributed by atoms with van der Waals surface area (Å²) in [7, 11) is -0.982. The van der Waals surface area contributed by atoms with Crippen LogP contribution < -0.4 is 5.19 Å². The molecule has 3 nitrogen and oxygen atoms in total. The molecule has 1 radical (unpaired) electrons. The molecule has 4 heteroatoms. The van der Waals surface area contributed by atoms with Gasteiger partial charge in [-0.25, -0.2) is 0 Å². The minimum Gasteiger partial charge on any atom is -0.412 e. The molecule has 1 aromatic rings. The van der Waals surface area contributed by atoms with Crippen LogP contribution in [0, 0.1) is 0 Å². The fourth-order valence-electron chi connectivity index (χ4n) is 2.10. The van der Waals surface area contributed by atoms with E-state index in [1.807, 2.05) is 12.1 Å². The van der Waals surface area contributed by atoms with Crippen LogP contribution in [0.4, 0.5) is 0 Å². The monoisotopic (exact) mass is 291 g/mol. The highest BCUT2D eigenvalue weighted by Gasteiger charge is 2.22. The summed E-state index contributed by atoms with van der Waals surface area (Å²) in [6.07, 6.45) is 3.31. The number of hydrogen-bond donors (Lipinski definition) is 0. The van der Waals surface area contributed by atoms with Crippen molar-refractivity contribution in [1.82, 2.24) is 0 Å². The average molecular weight is 291 g/mol. The number of benzene rings is 1. The zero-order chi connectivity index (χ0) is 14.2. The summed E-state index contributed by atoms with van der Waals surface area (Å²) in [5.41, 5.74) is 1.20. The summed E-state index contributed by atoms with van der Waals surface area (Å²) >= 11 is 0. The van der Waals surface area contributed by atoms with Gasteiger partial charge in [-0.15, -0.1) is 0 Å². The van der Waals surface area contributed by atoms with E-state index in [0.29, 0.717) is 6.10 Å². The minimum atomic E-state index is -0.982. The van der Waals surface area contributed by atoms with Gasteiger partial charge in [0.05, 0.1) is 13.2 Å². The Morgan fingerprint density at radius 1 is 1.45 bits per heavy atom. The number of epoxide rings is 1. The molecule has 0 bridgehead atoms. The van der Waals surface area contributed by atoms with Crippen molar-refractivity contribution in [3.05, 3.63) is 36.4 Å². The van der Waals surface area contributed by atoms with Crippen molar-refractivity contribution in [2.45, 2.75) is 25.5 Å². The Bertz CT molecular complexity index is 418. The molecule has 0 aliphatic carbocycles. The predicted molar refractivity (Wildman–Crippen MR) is 83.5 cm³/mol. The third-order valence-corrected chi connectivity index (χ3v) is 5.70. The Morgan fingerprint density at radius 2 is 2.25 bits per heavy atom. The lowest BCUT2D eigenvalue weighted by molar-refractivity contribution is 0.116. The first-order valence-corrected chi connectivity index (χ1v) is 8.86. The van der Waals surface area contributed by atoms with E-state index >= 15 is 0 Å². The van der Waals surface area contributed by atoms with Crippen LogP contribution in [0.25, 0.3) is 6.08 Å². The summed E-state index contributed by atoms with van der Waals surface area (Å²) < 4.78 is 16.7. The van der Waals surface area contributed by atoms with E-state index in [1.165, 1.54) is 10.8 Å². The van der Waals surface area contributed by atoms with Gasteiger partial charge < -0.3 is 13.9 Å². The second-order valence-electron chi connectivity index (χ2n) is 4.78. The molecule has 2 rings (SSSR count). The van der Waals surface area contributed by atoms with E-state index in [-0.39, 0.29) is 0 Å². The first kappa shape index (κ1) is 15.4. The summed E-state index contributed by atoms with van der Waals surface area (Å²) in [6.45, 7) is 9.10. The van der Waals surface area contributed by atoms with E-state index in [4.69, 9.17) is 13.9 Å². The molecule has 1 atom stereocenters. The molecule has 1 heterocycles. The van der Waals surface area contributed by atoms with Gasteiger partial charge in [0.2, 0.25) is 9.04 Å². The first-order chi connectivity index (χ1) is 9.85. The zero-order valence-electron chi connectivity index (χ0n) is 12.1. The van der Waals surface area contributed by atoms with Crippen molar-refractivity contribution >= 4 is 20.3 Å². The smallest absolute Gasteiger partial charge is 0.247 e. The minimum absolute atomic E-state index is 0.355. The van der Waals surface area contributed by atoms with Gasteiger partial charge in [0.1, 0.15) is 6.10 Å². The maximum absolute atomic E-state index is 5.98. The molecule has 0 N–H and O–H groups in total. The molecule has 1 fully saturated rings. The zero-order valence-corrected chi connectivity index (χ0v) is 13.1. The van der Waals surface area contributed by atoms with Crippen molar-refractivity contribution < 1.29 is 13.9 Å². The van der Waals surface area contributed by atoms with Crippen LogP contribution >= 0.6 is 0 Å². The lowest BCUT2D eigenvalue weighted by atomic mass is 10.2. The van der Waals surface area contributed by atoms with E-state index in [1.54, 1.807) is 0 Å². The third kappa shape index (κ3) is 4.87. The van der Waals surface area contributed by atoms with Crippen molar-refractivity contribution in [2.75, 3.05) is 26.4 Å². The van der Waals surface area contributed by atoms with Gasteiger partial charge in [-0.05, 0) is 30.1 Å².